The molecule has 1 N–H and O–H groups in total. The molecule has 5 aromatic rings. The zero-order valence-electron chi connectivity index (χ0n) is 21.3. The Morgan fingerprint density at radius 1 is 1.07 bits per heavy atom. The van der Waals surface area contributed by atoms with E-state index in [1.165, 1.54) is 29.3 Å². The predicted octanol–water partition coefficient (Wildman–Crippen LogP) is 5.24. The Hall–Kier alpha value is -4.64. The van der Waals surface area contributed by atoms with Crippen LogP contribution in [0.5, 0.6) is 0 Å². The van der Waals surface area contributed by atoms with E-state index in [4.69, 9.17) is 0 Å². The summed E-state index contributed by atoms with van der Waals surface area (Å²) in [6, 6.07) is 21.4. The molecule has 40 heavy (non-hydrogen) atoms. The number of aromatic nitrogens is 5. The molecule has 200 valence electrons. The van der Waals surface area contributed by atoms with Crippen LogP contribution in [0.4, 0.5) is 10.1 Å². The molecule has 6 rings (SSSR count). The summed E-state index contributed by atoms with van der Waals surface area (Å²) < 4.78 is 19.1. The van der Waals surface area contributed by atoms with Crippen molar-refractivity contribution in [2.45, 2.75) is 19.5 Å². The van der Waals surface area contributed by atoms with Gasteiger partial charge >= 0.3 is 0 Å². The molecule has 11 heteroatoms. The summed E-state index contributed by atoms with van der Waals surface area (Å²) in [7, 11) is 0. The first-order valence-electron chi connectivity index (χ1n) is 12.6. The van der Waals surface area contributed by atoms with Crippen molar-refractivity contribution in [1.82, 2.24) is 29.7 Å². The fourth-order valence-electron chi connectivity index (χ4n) is 4.77. The average Bonchev–Trinajstić information content (AvgIpc) is 3.68. The fraction of sp³-hybridized carbons (Fsp3) is 0.138. The van der Waals surface area contributed by atoms with Gasteiger partial charge in [0.1, 0.15) is 18.1 Å². The second kappa shape index (κ2) is 10.5. The highest BCUT2D eigenvalue weighted by molar-refractivity contribution is 9.10. The number of anilines is 1. The number of halogens is 2. The lowest BCUT2D eigenvalue weighted by Crippen LogP contribution is -2.33. The number of carbonyl (C=O) groups is 2. The number of hydrogen-bond donors (Lipinski definition) is 1. The molecule has 0 radical (unpaired) electrons. The molecule has 1 aliphatic heterocycles. The summed E-state index contributed by atoms with van der Waals surface area (Å²) in [6.45, 7) is 2.07. The van der Waals surface area contributed by atoms with Crippen LogP contribution in [-0.2, 0) is 11.3 Å². The molecule has 1 aliphatic rings. The van der Waals surface area contributed by atoms with Crippen molar-refractivity contribution in [1.29, 1.82) is 0 Å². The van der Waals surface area contributed by atoms with E-state index < -0.39 is 11.7 Å². The van der Waals surface area contributed by atoms with Gasteiger partial charge in [-0.05, 0) is 48.9 Å². The van der Waals surface area contributed by atoms with Gasteiger partial charge in [0.15, 0.2) is 0 Å². The number of fused-ring (bicyclic) bond motifs is 1. The Morgan fingerprint density at radius 3 is 2.65 bits per heavy atom. The van der Waals surface area contributed by atoms with Crippen LogP contribution < -0.4 is 5.32 Å². The monoisotopic (exact) mass is 599 g/mol. The van der Waals surface area contributed by atoms with Gasteiger partial charge in [0, 0.05) is 15.7 Å². The molecule has 0 saturated carbocycles. The quantitative estimate of drug-likeness (QED) is 0.276. The molecule has 0 bridgehead atoms. The van der Waals surface area contributed by atoms with Crippen LogP contribution in [0.25, 0.3) is 16.9 Å². The number of rotatable bonds is 7. The highest BCUT2D eigenvalue weighted by Crippen LogP contribution is 2.29. The summed E-state index contributed by atoms with van der Waals surface area (Å²) in [5.74, 6) is -1.15. The third-order valence-corrected chi connectivity index (χ3v) is 7.57. The van der Waals surface area contributed by atoms with Crippen molar-refractivity contribution in [3.05, 3.63) is 112 Å². The maximum Gasteiger partial charge on any atom is 0.258 e. The summed E-state index contributed by atoms with van der Waals surface area (Å²) in [5, 5.41) is 15.5. The Kier molecular flexibility index (Phi) is 6.72. The van der Waals surface area contributed by atoms with E-state index in [0.717, 1.165) is 21.4 Å². The molecule has 2 aromatic heterocycles. The third kappa shape index (κ3) is 4.79. The maximum atomic E-state index is 14.8. The molecule has 9 nitrogen and oxygen atoms in total. The Balaban J connectivity index is 1.15. The zero-order chi connectivity index (χ0) is 27.8. The van der Waals surface area contributed by atoms with E-state index in [1.807, 2.05) is 61.5 Å². The Bertz CT molecular complexity index is 1730. The smallest absolute Gasteiger partial charge is 0.258 e. The molecule has 0 unspecified atom stereocenters. The first-order valence-corrected chi connectivity index (χ1v) is 13.4. The van der Waals surface area contributed by atoms with Crippen molar-refractivity contribution in [3.8, 4) is 16.9 Å². The van der Waals surface area contributed by atoms with Crippen LogP contribution in [0, 0.1) is 5.82 Å². The lowest BCUT2D eigenvalue weighted by molar-refractivity contribution is -0.116. The van der Waals surface area contributed by atoms with Crippen LogP contribution in [0.2, 0.25) is 0 Å². The van der Waals surface area contributed by atoms with Gasteiger partial charge in [0.25, 0.3) is 5.91 Å². The molecular formula is C29H23BrFN7O2. The minimum absolute atomic E-state index is 0.140. The molecule has 0 saturated heterocycles. The summed E-state index contributed by atoms with van der Waals surface area (Å²) in [4.78, 5) is 27.3. The lowest BCUT2D eigenvalue weighted by Gasteiger charge is -2.16. The molecule has 3 aromatic carbocycles. The molecule has 0 fully saturated rings. The number of carbonyl (C=O) groups excluding carboxylic acids is 2. The van der Waals surface area contributed by atoms with Crippen LogP contribution in [0.1, 0.15) is 34.6 Å². The van der Waals surface area contributed by atoms with E-state index in [-0.39, 0.29) is 30.6 Å². The molecule has 2 amide bonds. The normalized spacial score (nSPS) is 13.4. The fourth-order valence-corrected chi connectivity index (χ4v) is 5.38. The van der Waals surface area contributed by atoms with E-state index in [2.05, 4.69) is 36.7 Å². The minimum atomic E-state index is -0.491. The molecule has 0 aliphatic carbocycles. The van der Waals surface area contributed by atoms with Gasteiger partial charge in [0.05, 0.1) is 41.9 Å². The van der Waals surface area contributed by atoms with Gasteiger partial charge in [0.2, 0.25) is 5.91 Å². The number of amides is 2. The largest absolute Gasteiger partial charge is 0.325 e. The minimum Gasteiger partial charge on any atom is -0.325 e. The van der Waals surface area contributed by atoms with E-state index in [1.54, 1.807) is 15.6 Å². The first-order chi connectivity index (χ1) is 19.4. The zero-order valence-corrected chi connectivity index (χ0v) is 22.9. The number of benzene rings is 3. The van der Waals surface area contributed by atoms with Crippen molar-refractivity contribution in [2.75, 3.05) is 11.9 Å². The van der Waals surface area contributed by atoms with E-state index in [9.17, 15) is 14.0 Å². The topological polar surface area (TPSA) is 97.9 Å². The molecule has 3 heterocycles. The van der Waals surface area contributed by atoms with Crippen molar-refractivity contribution < 1.29 is 14.0 Å². The van der Waals surface area contributed by atoms with Crippen LogP contribution in [-0.4, -0.2) is 48.0 Å². The standard InChI is InChI=1S/C29H23BrFN7O2/c1-18(21-9-5-6-10-24(21)30)37-15-26(34-35-37)22-13-19(11-12-25(22)31)33-28(39)17-36-16-27-23(29(36)40)14-32-38(27)20-7-3-2-4-8-20/h2-15,18H,16-17H2,1H3,(H,33,39)/t18-/m1/s1. The number of hydrogen-bond acceptors (Lipinski definition) is 5. The number of nitrogens with zero attached hydrogens (tertiary/aromatic N) is 6. The summed E-state index contributed by atoms with van der Waals surface area (Å²) >= 11 is 3.55. The van der Waals surface area contributed by atoms with Crippen LogP contribution in [0.3, 0.4) is 0 Å². The first kappa shape index (κ1) is 25.6. The molecule has 1 atom stereocenters. The van der Waals surface area contributed by atoms with Crippen molar-refractivity contribution >= 4 is 33.4 Å². The SMILES string of the molecule is C[C@H](c1ccccc1Br)n1cc(-c2cc(NC(=O)CN3Cc4c(cnn4-c4ccccc4)C3=O)ccc2F)nn1. The average molecular weight is 600 g/mol. The second-order valence-electron chi connectivity index (χ2n) is 9.44. The van der Waals surface area contributed by atoms with Gasteiger partial charge in [-0.2, -0.15) is 5.10 Å². The van der Waals surface area contributed by atoms with Gasteiger partial charge in [-0.3, -0.25) is 9.59 Å². The third-order valence-electron chi connectivity index (χ3n) is 6.85. The molecule has 0 spiro atoms. The second-order valence-corrected chi connectivity index (χ2v) is 10.3. The van der Waals surface area contributed by atoms with Gasteiger partial charge in [-0.25, -0.2) is 13.8 Å². The summed E-state index contributed by atoms with van der Waals surface area (Å²) in [6.07, 6.45) is 3.20. The van der Waals surface area contributed by atoms with E-state index in [0.29, 0.717) is 16.9 Å². The van der Waals surface area contributed by atoms with Gasteiger partial charge in [-0.1, -0.05) is 57.5 Å². The Labute approximate surface area is 237 Å². The number of para-hydroxylation sites is 1. The number of nitrogens with one attached hydrogen (secondary N) is 1. The van der Waals surface area contributed by atoms with Gasteiger partial charge in [-0.15, -0.1) is 5.10 Å². The van der Waals surface area contributed by atoms with Crippen LogP contribution >= 0.6 is 15.9 Å². The lowest BCUT2D eigenvalue weighted by atomic mass is 10.1. The highest BCUT2D eigenvalue weighted by atomic mass is 79.9. The summed E-state index contributed by atoms with van der Waals surface area (Å²) in [5.41, 5.74) is 3.97. The van der Waals surface area contributed by atoms with Crippen LogP contribution in [0.15, 0.2) is 89.7 Å². The predicted molar refractivity (Wildman–Crippen MR) is 150 cm³/mol. The van der Waals surface area contributed by atoms with Gasteiger partial charge < -0.3 is 10.2 Å². The molecular weight excluding hydrogens is 577 g/mol. The van der Waals surface area contributed by atoms with E-state index >= 15 is 0 Å². The van der Waals surface area contributed by atoms with Crippen molar-refractivity contribution in [3.63, 3.8) is 0 Å². The van der Waals surface area contributed by atoms with Crippen molar-refractivity contribution in [2.24, 2.45) is 0 Å². The Morgan fingerprint density at radius 2 is 1.85 bits per heavy atom. The maximum absolute atomic E-state index is 14.8. The highest BCUT2D eigenvalue weighted by Gasteiger charge is 2.33.